The Labute approximate surface area is 112 Å². The largest absolute Gasteiger partial charge is 0.102 e. The zero-order valence-electron chi connectivity index (χ0n) is 12.9. The molecule has 0 spiro atoms. The fourth-order valence-corrected chi connectivity index (χ4v) is 2.73. The van der Waals surface area contributed by atoms with Crippen LogP contribution in [0.4, 0.5) is 0 Å². The van der Waals surface area contributed by atoms with E-state index in [9.17, 15) is 0 Å². The van der Waals surface area contributed by atoms with Crippen LogP contribution in [-0.4, -0.2) is 8.80 Å². The van der Waals surface area contributed by atoms with Gasteiger partial charge in [0, 0.05) is 0 Å². The molecule has 0 aromatic carbocycles. The van der Waals surface area contributed by atoms with Crippen molar-refractivity contribution in [2.75, 3.05) is 0 Å². The van der Waals surface area contributed by atoms with Crippen molar-refractivity contribution in [1.29, 1.82) is 0 Å². The van der Waals surface area contributed by atoms with E-state index < -0.39 is 8.80 Å². The van der Waals surface area contributed by atoms with E-state index >= 15 is 0 Å². The highest BCUT2D eigenvalue weighted by Gasteiger charge is 2.08. The molecule has 0 atom stereocenters. The first-order chi connectivity index (χ1) is 7.92. The molecule has 0 saturated heterocycles. The molecule has 0 aromatic rings. The normalized spacial score (nSPS) is 12.8. The summed E-state index contributed by atoms with van der Waals surface area (Å²) >= 11 is 0. The molecule has 0 aliphatic rings. The summed E-state index contributed by atoms with van der Waals surface area (Å²) in [5.74, 6) is 0. The zero-order chi connectivity index (χ0) is 13.1. The number of hydrogen-bond acceptors (Lipinski definition) is 0. The van der Waals surface area contributed by atoms with Crippen LogP contribution in [0.5, 0.6) is 0 Å². The van der Waals surface area contributed by atoms with Crippen molar-refractivity contribution in [2.24, 2.45) is 5.41 Å². The van der Waals surface area contributed by atoms with Crippen molar-refractivity contribution in [3.8, 4) is 0 Å². The molecule has 0 N–H and O–H groups in total. The van der Waals surface area contributed by atoms with E-state index in [1.165, 1.54) is 51.4 Å². The van der Waals surface area contributed by atoms with Gasteiger partial charge in [0.05, 0.1) is 8.80 Å². The predicted molar refractivity (Wildman–Crippen MR) is 84.4 cm³/mol. The summed E-state index contributed by atoms with van der Waals surface area (Å²) in [5, 5.41) is 0. The first kappa shape index (κ1) is 17.0. The van der Waals surface area contributed by atoms with Crippen LogP contribution in [0.1, 0.15) is 72.1 Å². The van der Waals surface area contributed by atoms with Crippen LogP contribution in [0.15, 0.2) is 11.8 Å². The fraction of sp³-hybridized carbons (Fsp3) is 0.875. The Hall–Kier alpha value is -0.0431. The molecule has 0 unspecified atom stereocenters. The quantitative estimate of drug-likeness (QED) is 0.364. The Bertz CT molecular complexity index is 186. The number of hydrogen-bond donors (Lipinski definition) is 0. The highest BCUT2D eigenvalue weighted by molar-refractivity contribution is 6.61. The third-order valence-corrected chi connectivity index (χ3v) is 4.11. The van der Waals surface area contributed by atoms with E-state index in [0.717, 1.165) is 0 Å². The van der Waals surface area contributed by atoms with Crippen LogP contribution < -0.4 is 0 Å². The molecule has 0 fully saturated rings. The maximum Gasteiger partial charge on any atom is 0.0549 e. The second-order valence-corrected chi connectivity index (χ2v) is 9.77. The standard InChI is InChI=1S/C16H34Si/c1-16(2,3)14-12-10-8-6-7-9-11-13-15-17(4)5/h13,15,17H,6-12,14H2,1-5H3. The van der Waals surface area contributed by atoms with Gasteiger partial charge in [-0.15, -0.1) is 5.70 Å². The predicted octanol–water partition coefficient (Wildman–Crippen LogP) is 5.74. The molecule has 1 heteroatoms. The van der Waals surface area contributed by atoms with E-state index in [1.54, 1.807) is 0 Å². The lowest BCUT2D eigenvalue weighted by molar-refractivity contribution is 0.356. The van der Waals surface area contributed by atoms with Gasteiger partial charge in [-0.2, -0.15) is 0 Å². The van der Waals surface area contributed by atoms with Crippen molar-refractivity contribution in [3.05, 3.63) is 11.8 Å². The van der Waals surface area contributed by atoms with E-state index in [1.807, 2.05) is 0 Å². The molecule has 0 aromatic heterocycles. The van der Waals surface area contributed by atoms with E-state index in [0.29, 0.717) is 5.41 Å². The second kappa shape index (κ2) is 9.93. The summed E-state index contributed by atoms with van der Waals surface area (Å²) in [6.07, 6.45) is 13.7. The minimum Gasteiger partial charge on any atom is -0.102 e. The average molecular weight is 255 g/mol. The van der Waals surface area contributed by atoms with Gasteiger partial charge in [-0.3, -0.25) is 0 Å². The average Bonchev–Trinajstić information content (AvgIpc) is 2.18. The summed E-state index contributed by atoms with van der Waals surface area (Å²) in [7, 11) is -0.442. The first-order valence-corrected chi connectivity index (χ1v) is 10.6. The summed E-state index contributed by atoms with van der Waals surface area (Å²) in [5.41, 5.74) is 2.99. The number of rotatable bonds is 9. The van der Waals surface area contributed by atoms with Gasteiger partial charge in [-0.1, -0.05) is 72.0 Å². The van der Waals surface area contributed by atoms with E-state index in [-0.39, 0.29) is 0 Å². The molecule has 0 radical (unpaired) electrons. The molecule has 0 aliphatic carbocycles. The SMILES string of the molecule is C[SiH](C)C=CCCCCCCCCC(C)(C)C. The monoisotopic (exact) mass is 254 g/mol. The fourth-order valence-electron chi connectivity index (χ4n) is 1.99. The molecular weight excluding hydrogens is 220 g/mol. The molecule has 0 rings (SSSR count). The van der Waals surface area contributed by atoms with Gasteiger partial charge < -0.3 is 0 Å². The zero-order valence-corrected chi connectivity index (χ0v) is 14.0. The third kappa shape index (κ3) is 16.0. The van der Waals surface area contributed by atoms with E-state index in [4.69, 9.17) is 0 Å². The Kier molecular flexibility index (Phi) is 9.91. The highest BCUT2D eigenvalue weighted by Crippen LogP contribution is 2.22. The van der Waals surface area contributed by atoms with Gasteiger partial charge in [0.2, 0.25) is 0 Å². The highest BCUT2D eigenvalue weighted by atomic mass is 28.3. The van der Waals surface area contributed by atoms with Crippen LogP contribution in [0.3, 0.4) is 0 Å². The Morgan fingerprint density at radius 1 is 0.824 bits per heavy atom. The molecular formula is C16H34Si. The molecule has 0 nitrogen and oxygen atoms in total. The molecule has 0 saturated carbocycles. The van der Waals surface area contributed by atoms with Crippen LogP contribution in [0.2, 0.25) is 13.1 Å². The van der Waals surface area contributed by atoms with Gasteiger partial charge in [0.15, 0.2) is 0 Å². The Morgan fingerprint density at radius 2 is 1.35 bits per heavy atom. The molecule has 17 heavy (non-hydrogen) atoms. The minimum absolute atomic E-state index is 0.442. The van der Waals surface area contributed by atoms with Crippen LogP contribution in [-0.2, 0) is 0 Å². The first-order valence-electron chi connectivity index (χ1n) is 7.58. The minimum atomic E-state index is -0.442. The lowest BCUT2D eigenvalue weighted by atomic mass is 9.89. The summed E-state index contributed by atoms with van der Waals surface area (Å²) in [4.78, 5) is 0. The lowest BCUT2D eigenvalue weighted by Gasteiger charge is -2.17. The van der Waals surface area contributed by atoms with Gasteiger partial charge in [-0.25, -0.2) is 0 Å². The van der Waals surface area contributed by atoms with Crippen molar-refractivity contribution >= 4 is 8.80 Å². The van der Waals surface area contributed by atoms with E-state index in [2.05, 4.69) is 45.6 Å². The molecule has 0 heterocycles. The summed E-state index contributed by atoms with van der Waals surface area (Å²) < 4.78 is 0. The number of allylic oxidation sites excluding steroid dienone is 1. The maximum absolute atomic E-state index is 2.46. The van der Waals surface area contributed by atoms with Crippen LogP contribution in [0, 0.1) is 5.41 Å². The van der Waals surface area contributed by atoms with Crippen molar-refractivity contribution in [2.45, 2.75) is 85.2 Å². The third-order valence-electron chi connectivity index (χ3n) is 3.07. The molecule has 0 amide bonds. The molecule has 102 valence electrons. The Morgan fingerprint density at radius 3 is 1.88 bits per heavy atom. The Balaban J connectivity index is 3.14. The number of unbranched alkanes of at least 4 members (excludes halogenated alkanes) is 6. The van der Waals surface area contributed by atoms with Crippen LogP contribution >= 0.6 is 0 Å². The molecule has 0 bridgehead atoms. The topological polar surface area (TPSA) is 0 Å². The summed E-state index contributed by atoms with van der Waals surface area (Å²) in [6, 6.07) is 0. The van der Waals surface area contributed by atoms with Gasteiger partial charge in [-0.05, 0) is 24.7 Å². The van der Waals surface area contributed by atoms with Crippen molar-refractivity contribution in [1.82, 2.24) is 0 Å². The van der Waals surface area contributed by atoms with Crippen molar-refractivity contribution < 1.29 is 0 Å². The van der Waals surface area contributed by atoms with Gasteiger partial charge >= 0.3 is 0 Å². The molecule has 0 aliphatic heterocycles. The second-order valence-electron chi connectivity index (χ2n) is 6.89. The lowest BCUT2D eigenvalue weighted by Crippen LogP contribution is -2.03. The summed E-state index contributed by atoms with van der Waals surface area (Å²) in [6.45, 7) is 11.8. The van der Waals surface area contributed by atoms with Gasteiger partial charge in [0.1, 0.15) is 0 Å². The van der Waals surface area contributed by atoms with Gasteiger partial charge in [0.25, 0.3) is 0 Å². The van der Waals surface area contributed by atoms with Crippen LogP contribution in [0.25, 0.3) is 0 Å². The smallest absolute Gasteiger partial charge is 0.0549 e. The maximum atomic E-state index is 2.46. The van der Waals surface area contributed by atoms with Crippen molar-refractivity contribution in [3.63, 3.8) is 0 Å².